The fourth-order valence-corrected chi connectivity index (χ4v) is 1.09. The van der Waals surface area contributed by atoms with Crippen LogP contribution in [0.4, 0.5) is 0 Å². The van der Waals surface area contributed by atoms with E-state index in [4.69, 9.17) is 0 Å². The van der Waals surface area contributed by atoms with E-state index < -0.39 is 5.97 Å². The molecule has 2 rings (SSSR count). The summed E-state index contributed by atoms with van der Waals surface area (Å²) in [4.78, 5) is 18.0. The van der Waals surface area contributed by atoms with Crippen molar-refractivity contribution in [2.24, 2.45) is 0 Å². The van der Waals surface area contributed by atoms with Crippen molar-refractivity contribution in [1.82, 2.24) is 9.97 Å². The predicted molar refractivity (Wildman–Crippen MR) is 43.9 cm³/mol. The van der Waals surface area contributed by atoms with E-state index in [0.29, 0.717) is 0 Å². The topological polar surface area (TPSA) is 65.9 Å². The van der Waals surface area contributed by atoms with Gasteiger partial charge in [-0.15, -0.1) is 0 Å². The van der Waals surface area contributed by atoms with Gasteiger partial charge < -0.3 is 9.90 Å². The van der Waals surface area contributed by atoms with Crippen LogP contribution in [-0.2, 0) is 0 Å². The van der Waals surface area contributed by atoms with Crippen molar-refractivity contribution in [2.75, 3.05) is 0 Å². The van der Waals surface area contributed by atoms with Gasteiger partial charge in [0.05, 0.1) is 11.7 Å². The van der Waals surface area contributed by atoms with Crippen LogP contribution in [0.3, 0.4) is 0 Å². The third-order valence-corrected chi connectivity index (χ3v) is 1.73. The van der Waals surface area contributed by atoms with E-state index in [2.05, 4.69) is 9.97 Å². The van der Waals surface area contributed by atoms with E-state index in [9.17, 15) is 9.90 Å². The summed E-state index contributed by atoms with van der Waals surface area (Å²) in [6, 6.07) is 3.19. The van der Waals surface area contributed by atoms with Crippen molar-refractivity contribution >= 4 is 16.7 Å². The van der Waals surface area contributed by atoms with Gasteiger partial charge in [-0.3, -0.25) is 9.97 Å². The highest BCUT2D eigenvalue weighted by Crippen LogP contribution is 2.11. The zero-order valence-electron chi connectivity index (χ0n) is 6.60. The SMILES string of the molecule is O=C([O-])c1cc2ccncc2cn1. The Bertz CT molecular complexity index is 468. The molecule has 0 aliphatic carbocycles. The standard InChI is InChI=1S/C9H6N2O2/c12-9(13)8-3-6-1-2-10-4-7(6)5-11-8/h1-5H,(H,12,13)/p-1. The largest absolute Gasteiger partial charge is 0.543 e. The zero-order valence-corrected chi connectivity index (χ0v) is 6.60. The summed E-state index contributed by atoms with van der Waals surface area (Å²) in [6.07, 6.45) is 4.69. The summed E-state index contributed by atoms with van der Waals surface area (Å²) < 4.78 is 0. The molecule has 2 heterocycles. The van der Waals surface area contributed by atoms with Gasteiger partial charge in [0.2, 0.25) is 0 Å². The Kier molecular flexibility index (Phi) is 1.66. The van der Waals surface area contributed by atoms with Gasteiger partial charge in [0.15, 0.2) is 0 Å². The second-order valence-corrected chi connectivity index (χ2v) is 2.58. The average Bonchev–Trinajstić information content (AvgIpc) is 2.17. The summed E-state index contributed by atoms with van der Waals surface area (Å²) in [7, 11) is 0. The average molecular weight is 173 g/mol. The number of fused-ring (bicyclic) bond motifs is 1. The number of carboxylic acids is 1. The molecule has 0 aliphatic heterocycles. The van der Waals surface area contributed by atoms with Gasteiger partial charge in [0, 0.05) is 24.0 Å². The molecule has 0 saturated heterocycles. The van der Waals surface area contributed by atoms with Gasteiger partial charge in [0.1, 0.15) is 0 Å². The van der Waals surface area contributed by atoms with E-state index in [1.54, 1.807) is 18.5 Å². The molecule has 0 unspecified atom stereocenters. The highest BCUT2D eigenvalue weighted by molar-refractivity contribution is 5.90. The van der Waals surface area contributed by atoms with Crippen molar-refractivity contribution in [2.45, 2.75) is 0 Å². The van der Waals surface area contributed by atoms with Crippen LogP contribution in [0.5, 0.6) is 0 Å². The number of hydrogen-bond acceptors (Lipinski definition) is 4. The van der Waals surface area contributed by atoms with Crippen LogP contribution >= 0.6 is 0 Å². The Morgan fingerprint density at radius 1 is 1.31 bits per heavy atom. The summed E-state index contributed by atoms with van der Waals surface area (Å²) in [5, 5.41) is 12.1. The van der Waals surface area contributed by atoms with E-state index in [0.717, 1.165) is 10.8 Å². The molecule has 0 fully saturated rings. The lowest BCUT2D eigenvalue weighted by molar-refractivity contribution is -0.255. The van der Waals surface area contributed by atoms with Crippen molar-refractivity contribution in [1.29, 1.82) is 0 Å². The molecule has 0 spiro atoms. The minimum atomic E-state index is -1.27. The molecule has 0 atom stereocenters. The van der Waals surface area contributed by atoms with Crippen LogP contribution in [0.1, 0.15) is 10.5 Å². The Morgan fingerprint density at radius 2 is 2.15 bits per heavy atom. The van der Waals surface area contributed by atoms with Crippen LogP contribution in [0.15, 0.2) is 30.7 Å². The quantitative estimate of drug-likeness (QED) is 0.608. The maximum absolute atomic E-state index is 10.5. The number of carbonyl (C=O) groups excluding carboxylic acids is 1. The highest BCUT2D eigenvalue weighted by Gasteiger charge is 1.97. The summed E-state index contributed by atoms with van der Waals surface area (Å²) >= 11 is 0. The molecular weight excluding hydrogens is 168 g/mol. The predicted octanol–water partition coefficient (Wildman–Crippen LogP) is -0.00670. The van der Waals surface area contributed by atoms with Crippen molar-refractivity contribution in [3.8, 4) is 0 Å². The number of rotatable bonds is 1. The highest BCUT2D eigenvalue weighted by atomic mass is 16.4. The molecule has 64 valence electrons. The number of nitrogens with zero attached hydrogens (tertiary/aromatic N) is 2. The van der Waals surface area contributed by atoms with Gasteiger partial charge >= 0.3 is 0 Å². The number of pyridine rings is 2. The Morgan fingerprint density at radius 3 is 2.92 bits per heavy atom. The Hall–Kier alpha value is -1.97. The van der Waals surface area contributed by atoms with Crippen molar-refractivity contribution in [3.05, 3.63) is 36.4 Å². The number of aromatic carboxylic acids is 1. The van der Waals surface area contributed by atoms with Crippen molar-refractivity contribution < 1.29 is 9.90 Å². The normalized spacial score (nSPS) is 10.2. The second kappa shape index (κ2) is 2.82. The summed E-state index contributed by atoms with van der Waals surface area (Å²) in [6.45, 7) is 0. The minimum Gasteiger partial charge on any atom is -0.543 e. The first kappa shape index (κ1) is 7.67. The molecule has 2 aromatic heterocycles. The Labute approximate surface area is 73.9 Å². The van der Waals surface area contributed by atoms with Gasteiger partial charge in [0.25, 0.3) is 0 Å². The number of carboxylic acid groups (broad SMARTS) is 1. The smallest absolute Gasteiger partial charge is 0.0900 e. The number of hydrogen-bond donors (Lipinski definition) is 0. The molecule has 0 bridgehead atoms. The fraction of sp³-hybridized carbons (Fsp3) is 0. The van der Waals surface area contributed by atoms with E-state index in [1.807, 2.05) is 0 Å². The molecular formula is C9H5N2O2-. The lowest BCUT2D eigenvalue weighted by Crippen LogP contribution is -2.23. The van der Waals surface area contributed by atoms with Crippen molar-refractivity contribution in [3.63, 3.8) is 0 Å². The number of aromatic nitrogens is 2. The summed E-state index contributed by atoms with van der Waals surface area (Å²) in [5.41, 5.74) is -0.0568. The van der Waals surface area contributed by atoms with Gasteiger partial charge in [-0.25, -0.2) is 0 Å². The second-order valence-electron chi connectivity index (χ2n) is 2.58. The Balaban J connectivity index is 2.69. The van der Waals surface area contributed by atoms with Crippen LogP contribution in [-0.4, -0.2) is 15.9 Å². The number of carbonyl (C=O) groups is 1. The molecule has 4 heteroatoms. The van der Waals surface area contributed by atoms with Gasteiger partial charge in [-0.1, -0.05) is 0 Å². The maximum Gasteiger partial charge on any atom is 0.0900 e. The first-order chi connectivity index (χ1) is 6.27. The van der Waals surface area contributed by atoms with Gasteiger partial charge in [-0.05, 0) is 17.5 Å². The van der Waals surface area contributed by atoms with E-state index in [-0.39, 0.29) is 5.69 Å². The fourth-order valence-electron chi connectivity index (χ4n) is 1.09. The molecule has 0 aliphatic rings. The first-order valence-corrected chi connectivity index (χ1v) is 3.68. The molecule has 13 heavy (non-hydrogen) atoms. The van der Waals surface area contributed by atoms with Crippen LogP contribution in [0.2, 0.25) is 0 Å². The lowest BCUT2D eigenvalue weighted by atomic mass is 10.2. The molecule has 0 saturated carbocycles. The zero-order chi connectivity index (χ0) is 9.26. The molecule has 2 aromatic rings. The first-order valence-electron chi connectivity index (χ1n) is 3.68. The van der Waals surface area contributed by atoms with Gasteiger partial charge in [-0.2, -0.15) is 0 Å². The molecule has 0 N–H and O–H groups in total. The van der Waals surface area contributed by atoms with E-state index >= 15 is 0 Å². The molecule has 0 radical (unpaired) electrons. The van der Waals surface area contributed by atoms with Crippen LogP contribution in [0.25, 0.3) is 10.8 Å². The monoisotopic (exact) mass is 173 g/mol. The van der Waals surface area contributed by atoms with Crippen LogP contribution < -0.4 is 5.11 Å². The maximum atomic E-state index is 10.5. The molecule has 0 aromatic carbocycles. The third kappa shape index (κ3) is 1.33. The lowest BCUT2D eigenvalue weighted by Gasteiger charge is -2.01. The third-order valence-electron chi connectivity index (χ3n) is 1.73. The van der Waals surface area contributed by atoms with E-state index in [1.165, 1.54) is 12.3 Å². The van der Waals surface area contributed by atoms with Crippen LogP contribution in [0, 0.1) is 0 Å². The summed E-state index contributed by atoms with van der Waals surface area (Å²) in [5.74, 6) is -1.27. The molecule has 0 amide bonds. The molecule has 4 nitrogen and oxygen atoms in total. The minimum absolute atomic E-state index is 0.0568.